The number of nitrogens with zero attached hydrogens (tertiary/aromatic N) is 2. The van der Waals surface area contributed by atoms with Gasteiger partial charge in [0.05, 0.1) is 23.1 Å². The van der Waals surface area contributed by atoms with Gasteiger partial charge in [-0.3, -0.25) is 19.3 Å². The van der Waals surface area contributed by atoms with Crippen LogP contribution in [-0.4, -0.2) is 52.3 Å². The SMILES string of the molecule is C#CCN1C(=O)S/C(=C\c2cn(CC(=O)NC[C@H]3CCCO3)c3c(CC)cccc23)C1=O. The molecule has 0 spiro atoms. The summed E-state index contributed by atoms with van der Waals surface area (Å²) in [6.07, 6.45) is 11.7. The van der Waals surface area contributed by atoms with E-state index < -0.39 is 0 Å². The quantitative estimate of drug-likeness (QED) is 0.517. The molecule has 166 valence electrons. The van der Waals surface area contributed by atoms with Crippen LogP contribution in [0, 0.1) is 12.3 Å². The molecule has 2 aliphatic heterocycles. The van der Waals surface area contributed by atoms with E-state index in [1.54, 1.807) is 6.08 Å². The highest BCUT2D eigenvalue weighted by atomic mass is 32.2. The minimum Gasteiger partial charge on any atom is -0.376 e. The number of hydrogen-bond acceptors (Lipinski definition) is 5. The number of ether oxygens (including phenoxy) is 1. The van der Waals surface area contributed by atoms with Gasteiger partial charge in [0, 0.05) is 30.3 Å². The van der Waals surface area contributed by atoms with Gasteiger partial charge in [0.2, 0.25) is 5.91 Å². The topological polar surface area (TPSA) is 80.6 Å². The van der Waals surface area contributed by atoms with Gasteiger partial charge in [-0.05, 0) is 42.7 Å². The number of amides is 3. The fourth-order valence-corrected chi connectivity index (χ4v) is 4.93. The Bertz CT molecular complexity index is 1140. The minimum absolute atomic E-state index is 0.0470. The predicted molar refractivity (Wildman–Crippen MR) is 125 cm³/mol. The number of carbonyl (C=O) groups excluding carboxylic acids is 3. The summed E-state index contributed by atoms with van der Waals surface area (Å²) < 4.78 is 7.49. The summed E-state index contributed by atoms with van der Waals surface area (Å²) in [5, 5.41) is 3.52. The zero-order chi connectivity index (χ0) is 22.7. The lowest BCUT2D eigenvalue weighted by atomic mass is 10.1. The van der Waals surface area contributed by atoms with E-state index in [2.05, 4.69) is 18.2 Å². The fourth-order valence-electron chi connectivity index (χ4n) is 4.10. The Labute approximate surface area is 191 Å². The number of benzene rings is 1. The van der Waals surface area contributed by atoms with E-state index in [4.69, 9.17) is 11.2 Å². The molecule has 0 radical (unpaired) electrons. The Morgan fingerprint density at radius 2 is 2.25 bits per heavy atom. The molecule has 1 atom stereocenters. The number of para-hydroxylation sites is 1. The van der Waals surface area contributed by atoms with Gasteiger partial charge in [0.1, 0.15) is 6.54 Å². The summed E-state index contributed by atoms with van der Waals surface area (Å²) in [5.74, 6) is 1.86. The van der Waals surface area contributed by atoms with Crippen molar-refractivity contribution >= 4 is 45.8 Å². The Hall–Kier alpha value is -3.02. The Morgan fingerprint density at radius 1 is 1.41 bits per heavy atom. The Balaban J connectivity index is 1.63. The third-order valence-electron chi connectivity index (χ3n) is 5.67. The maximum atomic E-state index is 12.6. The van der Waals surface area contributed by atoms with Crippen LogP contribution < -0.4 is 5.32 Å². The third kappa shape index (κ3) is 4.45. The van der Waals surface area contributed by atoms with Crippen LogP contribution in [0.1, 0.15) is 30.9 Å². The van der Waals surface area contributed by atoms with E-state index in [1.165, 1.54) is 0 Å². The largest absolute Gasteiger partial charge is 0.376 e. The van der Waals surface area contributed by atoms with Gasteiger partial charge in [-0.25, -0.2) is 0 Å². The molecule has 0 unspecified atom stereocenters. The summed E-state index contributed by atoms with van der Waals surface area (Å²) in [6.45, 7) is 3.43. The summed E-state index contributed by atoms with van der Waals surface area (Å²) in [5.41, 5.74) is 2.85. The number of nitrogens with one attached hydrogen (secondary N) is 1. The fraction of sp³-hybridized carbons (Fsp3) is 0.375. The van der Waals surface area contributed by atoms with E-state index in [9.17, 15) is 14.4 Å². The molecule has 1 N–H and O–H groups in total. The van der Waals surface area contributed by atoms with Crippen LogP contribution in [0.5, 0.6) is 0 Å². The van der Waals surface area contributed by atoms with Crippen molar-refractivity contribution in [2.75, 3.05) is 19.7 Å². The lowest BCUT2D eigenvalue weighted by Gasteiger charge is -2.12. The average molecular weight is 452 g/mol. The van der Waals surface area contributed by atoms with E-state index >= 15 is 0 Å². The van der Waals surface area contributed by atoms with Crippen LogP contribution in [-0.2, 0) is 27.3 Å². The second-order valence-corrected chi connectivity index (χ2v) is 8.78. The molecule has 7 nitrogen and oxygen atoms in total. The highest BCUT2D eigenvalue weighted by Gasteiger charge is 2.34. The highest BCUT2D eigenvalue weighted by molar-refractivity contribution is 8.18. The number of rotatable bonds is 7. The van der Waals surface area contributed by atoms with Gasteiger partial charge >= 0.3 is 0 Å². The van der Waals surface area contributed by atoms with Crippen molar-refractivity contribution in [3.05, 3.63) is 40.4 Å². The normalized spacial score (nSPS) is 19.8. The van der Waals surface area contributed by atoms with Gasteiger partial charge in [0.25, 0.3) is 11.1 Å². The van der Waals surface area contributed by atoms with Crippen LogP contribution in [0.25, 0.3) is 17.0 Å². The minimum atomic E-state index is -0.389. The van der Waals surface area contributed by atoms with Crippen LogP contribution >= 0.6 is 11.8 Å². The van der Waals surface area contributed by atoms with E-state index in [0.29, 0.717) is 11.4 Å². The van der Waals surface area contributed by atoms with Crippen molar-refractivity contribution in [1.29, 1.82) is 0 Å². The molecule has 32 heavy (non-hydrogen) atoms. The number of carbonyl (C=O) groups is 3. The molecule has 0 saturated carbocycles. The first-order valence-electron chi connectivity index (χ1n) is 10.7. The molecule has 1 aromatic carbocycles. The van der Waals surface area contributed by atoms with Crippen molar-refractivity contribution in [1.82, 2.24) is 14.8 Å². The molecule has 0 bridgehead atoms. The second-order valence-electron chi connectivity index (χ2n) is 7.79. The molecule has 1 aromatic heterocycles. The first-order valence-corrected chi connectivity index (χ1v) is 11.5. The highest BCUT2D eigenvalue weighted by Crippen LogP contribution is 2.34. The van der Waals surface area contributed by atoms with Crippen molar-refractivity contribution < 1.29 is 19.1 Å². The maximum absolute atomic E-state index is 12.6. The van der Waals surface area contributed by atoms with Gasteiger partial charge < -0.3 is 14.6 Å². The van der Waals surface area contributed by atoms with E-state index in [-0.39, 0.29) is 36.2 Å². The number of thioether (sulfide) groups is 1. The number of aryl methyl sites for hydroxylation is 1. The lowest BCUT2D eigenvalue weighted by Crippen LogP contribution is -2.34. The monoisotopic (exact) mass is 451 g/mol. The summed E-state index contributed by atoms with van der Waals surface area (Å²) in [4.78, 5) is 38.8. The van der Waals surface area contributed by atoms with Crippen molar-refractivity contribution in [2.45, 2.75) is 38.8 Å². The standard InChI is InChI=1S/C24H25N3O4S/c1-3-10-27-23(29)20(32-24(27)30)12-17-14-26(22-16(4-2)7-5-9-19(17)22)15-21(28)25-13-18-8-6-11-31-18/h1,5,7,9,12,14,18H,4,6,8,10-11,13,15H2,2H3,(H,25,28)/b20-12-/t18-/m1/s1. The van der Waals surface area contributed by atoms with Gasteiger partial charge in [-0.15, -0.1) is 6.42 Å². The number of terminal acetylenes is 1. The molecule has 2 saturated heterocycles. The molecule has 2 aliphatic rings. The van der Waals surface area contributed by atoms with Crippen LogP contribution in [0.4, 0.5) is 4.79 Å². The van der Waals surface area contributed by atoms with Crippen molar-refractivity contribution in [3.8, 4) is 12.3 Å². The number of hydrogen-bond donors (Lipinski definition) is 1. The zero-order valence-electron chi connectivity index (χ0n) is 17.9. The molecule has 3 heterocycles. The third-order valence-corrected chi connectivity index (χ3v) is 6.58. The van der Waals surface area contributed by atoms with Crippen molar-refractivity contribution in [3.63, 3.8) is 0 Å². The maximum Gasteiger partial charge on any atom is 0.294 e. The van der Waals surface area contributed by atoms with Gasteiger partial charge in [0.15, 0.2) is 0 Å². The van der Waals surface area contributed by atoms with Crippen molar-refractivity contribution in [2.24, 2.45) is 0 Å². The van der Waals surface area contributed by atoms with Crippen LogP contribution in [0.2, 0.25) is 0 Å². The first-order chi connectivity index (χ1) is 15.5. The number of imide groups is 1. The molecule has 0 aliphatic carbocycles. The Morgan fingerprint density at radius 3 is 2.97 bits per heavy atom. The smallest absolute Gasteiger partial charge is 0.294 e. The lowest BCUT2D eigenvalue weighted by molar-refractivity contribution is -0.123. The summed E-state index contributed by atoms with van der Waals surface area (Å²) in [6, 6.07) is 5.96. The second kappa shape index (κ2) is 9.63. The molecule has 4 rings (SSSR count). The molecule has 3 amide bonds. The molecule has 2 aromatic rings. The van der Waals surface area contributed by atoms with Crippen LogP contribution in [0.3, 0.4) is 0 Å². The first kappa shape index (κ1) is 22.2. The van der Waals surface area contributed by atoms with Gasteiger partial charge in [-0.2, -0.15) is 0 Å². The number of fused-ring (bicyclic) bond motifs is 1. The number of aromatic nitrogens is 1. The average Bonchev–Trinajstić information content (AvgIpc) is 3.49. The Kier molecular flexibility index (Phi) is 6.68. The van der Waals surface area contributed by atoms with E-state index in [0.717, 1.165) is 64.6 Å². The summed E-state index contributed by atoms with van der Waals surface area (Å²) >= 11 is 0.881. The summed E-state index contributed by atoms with van der Waals surface area (Å²) in [7, 11) is 0. The van der Waals surface area contributed by atoms with E-state index in [1.807, 2.05) is 29.0 Å². The predicted octanol–water partition coefficient (Wildman–Crippen LogP) is 3.17. The molecule has 2 fully saturated rings. The molecular formula is C24H25N3O4S. The molecular weight excluding hydrogens is 426 g/mol. The van der Waals surface area contributed by atoms with Crippen LogP contribution in [0.15, 0.2) is 29.3 Å². The zero-order valence-corrected chi connectivity index (χ0v) is 18.7. The van der Waals surface area contributed by atoms with Gasteiger partial charge in [-0.1, -0.05) is 31.0 Å². The molecule has 8 heteroatoms.